The molecule has 1 saturated carbocycles. The van der Waals surface area contributed by atoms with Gasteiger partial charge in [0, 0.05) is 19.6 Å². The van der Waals surface area contributed by atoms with E-state index in [1.807, 2.05) is 24.0 Å². The van der Waals surface area contributed by atoms with Crippen molar-refractivity contribution in [1.82, 2.24) is 10.2 Å². The molecule has 154 valence electrons. The number of hydrogen-bond acceptors (Lipinski definition) is 3. The molecule has 0 aromatic heterocycles. The van der Waals surface area contributed by atoms with Crippen LogP contribution in [0, 0.1) is 12.8 Å². The Morgan fingerprint density at radius 3 is 2.64 bits per heavy atom. The standard InChI is InChI=1S/C22H33N3O3/c1-16-8-3-4-11-19(16)28-15-12-23-22(27)24-18-10-7-9-17(2)20(18)21(26)25-13-5-6-14-25/h7,9-10,16,19H,3-6,8,11-15H2,1-2H3,(H2,23,24,27). The van der Waals surface area contributed by atoms with Crippen LogP contribution in [0.1, 0.15) is 61.4 Å². The van der Waals surface area contributed by atoms with E-state index in [1.54, 1.807) is 6.07 Å². The molecule has 0 radical (unpaired) electrons. The van der Waals surface area contributed by atoms with Gasteiger partial charge in [-0.25, -0.2) is 4.79 Å². The normalized spacial score (nSPS) is 22.1. The lowest BCUT2D eigenvalue weighted by molar-refractivity contribution is -0.00232. The molecule has 2 aliphatic rings. The van der Waals surface area contributed by atoms with Gasteiger partial charge in [-0.2, -0.15) is 0 Å². The fourth-order valence-electron chi connectivity index (χ4n) is 4.21. The quantitative estimate of drug-likeness (QED) is 0.726. The molecule has 0 spiro atoms. The summed E-state index contributed by atoms with van der Waals surface area (Å²) in [5.74, 6) is 0.592. The highest BCUT2D eigenvalue weighted by atomic mass is 16.5. The molecule has 28 heavy (non-hydrogen) atoms. The van der Waals surface area contributed by atoms with E-state index in [4.69, 9.17) is 4.74 Å². The monoisotopic (exact) mass is 387 g/mol. The minimum atomic E-state index is -0.304. The highest BCUT2D eigenvalue weighted by molar-refractivity contribution is 6.04. The SMILES string of the molecule is Cc1cccc(NC(=O)NCCOC2CCCCC2C)c1C(=O)N1CCCC1. The Morgan fingerprint density at radius 1 is 1.14 bits per heavy atom. The second-order valence-electron chi connectivity index (χ2n) is 8.05. The summed E-state index contributed by atoms with van der Waals surface area (Å²) >= 11 is 0. The van der Waals surface area contributed by atoms with Gasteiger partial charge in [0.2, 0.25) is 0 Å². The first-order chi connectivity index (χ1) is 13.6. The molecular weight excluding hydrogens is 354 g/mol. The van der Waals surface area contributed by atoms with Gasteiger partial charge >= 0.3 is 6.03 Å². The topological polar surface area (TPSA) is 70.7 Å². The molecule has 2 atom stereocenters. The van der Waals surface area contributed by atoms with E-state index in [1.165, 1.54) is 19.3 Å². The number of ether oxygens (including phenoxy) is 1. The first-order valence-electron chi connectivity index (χ1n) is 10.6. The highest BCUT2D eigenvalue weighted by Crippen LogP contribution is 2.26. The predicted molar refractivity (Wildman–Crippen MR) is 111 cm³/mol. The van der Waals surface area contributed by atoms with Crippen LogP contribution >= 0.6 is 0 Å². The Kier molecular flexibility index (Phi) is 7.31. The molecule has 2 unspecified atom stereocenters. The molecule has 3 rings (SSSR count). The number of urea groups is 1. The largest absolute Gasteiger partial charge is 0.376 e. The van der Waals surface area contributed by atoms with E-state index < -0.39 is 0 Å². The maximum atomic E-state index is 12.9. The van der Waals surface area contributed by atoms with Gasteiger partial charge in [-0.05, 0) is 50.2 Å². The van der Waals surface area contributed by atoms with Gasteiger partial charge in [-0.15, -0.1) is 0 Å². The second kappa shape index (κ2) is 9.92. The van der Waals surface area contributed by atoms with Crippen molar-refractivity contribution in [2.75, 3.05) is 31.6 Å². The van der Waals surface area contributed by atoms with Crippen molar-refractivity contribution in [3.05, 3.63) is 29.3 Å². The van der Waals surface area contributed by atoms with Gasteiger partial charge in [-0.1, -0.05) is 31.9 Å². The molecule has 2 N–H and O–H groups in total. The summed E-state index contributed by atoms with van der Waals surface area (Å²) in [5, 5.41) is 5.69. The van der Waals surface area contributed by atoms with Crippen LogP contribution in [0.2, 0.25) is 0 Å². The van der Waals surface area contributed by atoms with E-state index >= 15 is 0 Å². The average Bonchev–Trinajstić information content (AvgIpc) is 3.21. The Bertz CT molecular complexity index is 686. The molecule has 1 saturated heterocycles. The zero-order chi connectivity index (χ0) is 19.9. The number of aryl methyl sites for hydroxylation is 1. The maximum absolute atomic E-state index is 12.9. The Balaban J connectivity index is 1.51. The molecule has 1 aliphatic heterocycles. The summed E-state index contributed by atoms with van der Waals surface area (Å²) in [6.45, 7) is 6.68. The second-order valence-corrected chi connectivity index (χ2v) is 8.05. The Morgan fingerprint density at radius 2 is 1.89 bits per heavy atom. The van der Waals surface area contributed by atoms with Crippen molar-refractivity contribution in [3.8, 4) is 0 Å². The highest BCUT2D eigenvalue weighted by Gasteiger charge is 2.24. The number of benzene rings is 1. The number of nitrogens with zero attached hydrogens (tertiary/aromatic N) is 1. The average molecular weight is 388 g/mol. The van der Waals surface area contributed by atoms with Crippen LogP contribution < -0.4 is 10.6 Å². The maximum Gasteiger partial charge on any atom is 0.319 e. The number of nitrogens with one attached hydrogen (secondary N) is 2. The van der Waals surface area contributed by atoms with Crippen molar-refractivity contribution in [2.24, 2.45) is 5.92 Å². The van der Waals surface area contributed by atoms with E-state index in [2.05, 4.69) is 17.6 Å². The summed E-state index contributed by atoms with van der Waals surface area (Å²) < 4.78 is 5.94. The summed E-state index contributed by atoms with van der Waals surface area (Å²) in [6, 6.07) is 5.25. The van der Waals surface area contributed by atoms with Crippen LogP contribution in [-0.4, -0.2) is 49.2 Å². The predicted octanol–water partition coefficient (Wildman–Crippen LogP) is 3.95. The first-order valence-corrected chi connectivity index (χ1v) is 10.6. The van der Waals surface area contributed by atoms with E-state index in [9.17, 15) is 9.59 Å². The third kappa shape index (κ3) is 5.25. The van der Waals surface area contributed by atoms with Gasteiger partial charge in [0.25, 0.3) is 5.91 Å². The summed E-state index contributed by atoms with van der Waals surface area (Å²) in [5.41, 5.74) is 2.03. The molecule has 1 aromatic carbocycles. The van der Waals surface area contributed by atoms with Gasteiger partial charge in [0.15, 0.2) is 0 Å². The zero-order valence-corrected chi connectivity index (χ0v) is 17.1. The van der Waals surface area contributed by atoms with Crippen LogP contribution in [0.3, 0.4) is 0 Å². The minimum absolute atomic E-state index is 0.000481. The molecular formula is C22H33N3O3. The number of anilines is 1. The van der Waals surface area contributed by atoms with Crippen LogP contribution in [0.4, 0.5) is 10.5 Å². The van der Waals surface area contributed by atoms with Crippen LogP contribution in [0.25, 0.3) is 0 Å². The minimum Gasteiger partial charge on any atom is -0.376 e. The fraction of sp³-hybridized carbons (Fsp3) is 0.636. The molecule has 0 bridgehead atoms. The number of likely N-dealkylation sites (tertiary alicyclic amines) is 1. The number of carbonyl (C=O) groups is 2. The summed E-state index contributed by atoms with van der Waals surface area (Å²) in [6.07, 6.45) is 7.24. The number of carbonyl (C=O) groups excluding carboxylic acids is 2. The number of hydrogen-bond donors (Lipinski definition) is 2. The lowest BCUT2D eigenvalue weighted by Gasteiger charge is -2.28. The van der Waals surface area contributed by atoms with Crippen molar-refractivity contribution < 1.29 is 14.3 Å². The van der Waals surface area contributed by atoms with E-state index in [0.717, 1.165) is 37.9 Å². The van der Waals surface area contributed by atoms with Crippen LogP contribution in [-0.2, 0) is 4.74 Å². The smallest absolute Gasteiger partial charge is 0.319 e. The van der Waals surface area contributed by atoms with Crippen molar-refractivity contribution in [1.29, 1.82) is 0 Å². The van der Waals surface area contributed by atoms with Gasteiger partial charge in [0.05, 0.1) is 24.0 Å². The van der Waals surface area contributed by atoms with Crippen LogP contribution in [0.5, 0.6) is 0 Å². The molecule has 2 fully saturated rings. The lowest BCUT2D eigenvalue weighted by atomic mass is 9.88. The van der Waals surface area contributed by atoms with Crippen molar-refractivity contribution >= 4 is 17.6 Å². The van der Waals surface area contributed by atoms with Gasteiger partial charge in [-0.3, -0.25) is 4.79 Å². The summed E-state index contributed by atoms with van der Waals surface area (Å²) in [4.78, 5) is 27.1. The third-order valence-corrected chi connectivity index (χ3v) is 5.88. The molecule has 6 heteroatoms. The van der Waals surface area contributed by atoms with Gasteiger partial charge < -0.3 is 20.3 Å². The molecule has 1 aromatic rings. The zero-order valence-electron chi connectivity index (χ0n) is 17.1. The fourth-order valence-corrected chi connectivity index (χ4v) is 4.21. The van der Waals surface area contributed by atoms with Crippen molar-refractivity contribution in [3.63, 3.8) is 0 Å². The molecule has 3 amide bonds. The van der Waals surface area contributed by atoms with Gasteiger partial charge in [0.1, 0.15) is 0 Å². The third-order valence-electron chi connectivity index (χ3n) is 5.88. The molecule has 6 nitrogen and oxygen atoms in total. The molecule has 1 heterocycles. The lowest BCUT2D eigenvalue weighted by Crippen LogP contribution is -2.35. The van der Waals surface area contributed by atoms with Crippen LogP contribution in [0.15, 0.2) is 18.2 Å². The van der Waals surface area contributed by atoms with Crippen molar-refractivity contribution in [2.45, 2.75) is 58.5 Å². The summed E-state index contributed by atoms with van der Waals surface area (Å²) in [7, 11) is 0. The van der Waals surface area contributed by atoms with E-state index in [-0.39, 0.29) is 11.9 Å². The van der Waals surface area contributed by atoms with E-state index in [0.29, 0.717) is 36.4 Å². The number of rotatable bonds is 6. The number of amides is 3. The first kappa shape index (κ1) is 20.6. The Hall–Kier alpha value is -2.08. The Labute approximate surface area is 168 Å². The molecule has 1 aliphatic carbocycles.